The molecule has 3 rings (SSSR count). The van der Waals surface area contributed by atoms with Gasteiger partial charge in [-0.1, -0.05) is 45.0 Å². The summed E-state index contributed by atoms with van der Waals surface area (Å²) in [6.07, 6.45) is 1.61. The molecule has 1 heterocycles. The molecule has 0 fully saturated rings. The minimum Gasteiger partial charge on any atom is -0.354 e. The first-order valence-electron chi connectivity index (χ1n) is 9.01. The van der Waals surface area contributed by atoms with Gasteiger partial charge in [-0.2, -0.15) is 5.26 Å². The molecule has 0 aliphatic rings. The molecule has 3 aromatic rings. The van der Waals surface area contributed by atoms with Crippen LogP contribution in [0.15, 0.2) is 66.9 Å². The average molecular weight is 370 g/mol. The average Bonchev–Trinajstić information content (AvgIpc) is 2.68. The molecule has 5 heteroatoms. The van der Waals surface area contributed by atoms with Gasteiger partial charge in [-0.15, -0.1) is 0 Å². The number of nitriles is 1. The van der Waals surface area contributed by atoms with Crippen LogP contribution in [-0.4, -0.2) is 10.9 Å². The number of hydrogen-bond donors (Lipinski definition) is 2. The fourth-order valence-corrected chi connectivity index (χ4v) is 2.70. The molecule has 0 saturated carbocycles. The van der Waals surface area contributed by atoms with Gasteiger partial charge in [0.2, 0.25) is 0 Å². The van der Waals surface area contributed by atoms with Crippen LogP contribution < -0.4 is 10.6 Å². The Labute approximate surface area is 165 Å². The highest BCUT2D eigenvalue weighted by molar-refractivity contribution is 6.03. The molecule has 1 aromatic heterocycles. The molecule has 28 heavy (non-hydrogen) atoms. The van der Waals surface area contributed by atoms with Crippen molar-refractivity contribution >= 4 is 23.0 Å². The Kier molecular flexibility index (Phi) is 5.42. The first-order chi connectivity index (χ1) is 13.4. The van der Waals surface area contributed by atoms with Crippen LogP contribution >= 0.6 is 0 Å². The molecule has 0 spiro atoms. The van der Waals surface area contributed by atoms with E-state index in [1.807, 2.05) is 12.1 Å². The van der Waals surface area contributed by atoms with E-state index in [1.165, 1.54) is 5.56 Å². The van der Waals surface area contributed by atoms with Gasteiger partial charge in [-0.05, 0) is 47.4 Å². The highest BCUT2D eigenvalue weighted by Gasteiger charge is 2.13. The standard InChI is InChI=1S/C23H22N4O/c1-23(2,3)17-8-10-18(11-9-17)26-19-12-13-21(25-15-19)22(28)27-20-7-5-4-6-16(20)14-24/h4-13,15,26H,1-3H3,(H,27,28). The van der Waals surface area contributed by atoms with Crippen LogP contribution in [0.5, 0.6) is 0 Å². The lowest BCUT2D eigenvalue weighted by atomic mass is 9.87. The van der Waals surface area contributed by atoms with Crippen molar-refractivity contribution in [3.63, 3.8) is 0 Å². The maximum atomic E-state index is 12.4. The van der Waals surface area contributed by atoms with Crippen molar-refractivity contribution in [3.8, 4) is 6.07 Å². The van der Waals surface area contributed by atoms with Gasteiger partial charge in [0, 0.05) is 5.69 Å². The quantitative estimate of drug-likeness (QED) is 0.658. The Morgan fingerprint density at radius 1 is 0.964 bits per heavy atom. The molecule has 0 atom stereocenters. The Bertz CT molecular complexity index is 1010. The van der Waals surface area contributed by atoms with E-state index in [1.54, 1.807) is 42.6 Å². The minimum absolute atomic E-state index is 0.110. The second kappa shape index (κ2) is 7.93. The number of amides is 1. The summed E-state index contributed by atoms with van der Waals surface area (Å²) in [6, 6.07) is 20.6. The number of para-hydroxylation sites is 1. The lowest BCUT2D eigenvalue weighted by Crippen LogP contribution is -2.14. The van der Waals surface area contributed by atoms with Crippen molar-refractivity contribution in [2.24, 2.45) is 0 Å². The summed E-state index contributed by atoms with van der Waals surface area (Å²) in [5, 5.41) is 15.1. The van der Waals surface area contributed by atoms with Crippen LogP contribution in [0.3, 0.4) is 0 Å². The topological polar surface area (TPSA) is 77.8 Å². The maximum Gasteiger partial charge on any atom is 0.274 e. The number of carbonyl (C=O) groups is 1. The highest BCUT2D eigenvalue weighted by atomic mass is 16.1. The van der Waals surface area contributed by atoms with E-state index < -0.39 is 0 Å². The van der Waals surface area contributed by atoms with Gasteiger partial charge in [0.25, 0.3) is 5.91 Å². The molecule has 0 radical (unpaired) electrons. The molecule has 0 unspecified atom stereocenters. The number of hydrogen-bond acceptors (Lipinski definition) is 4. The van der Waals surface area contributed by atoms with Crippen molar-refractivity contribution < 1.29 is 4.79 Å². The van der Waals surface area contributed by atoms with Crippen LogP contribution in [0.4, 0.5) is 17.1 Å². The summed E-state index contributed by atoms with van der Waals surface area (Å²) in [7, 11) is 0. The van der Waals surface area contributed by atoms with Gasteiger partial charge in [0.05, 0.1) is 23.1 Å². The van der Waals surface area contributed by atoms with Crippen molar-refractivity contribution in [1.29, 1.82) is 5.26 Å². The summed E-state index contributed by atoms with van der Waals surface area (Å²) in [5.41, 5.74) is 4.28. The molecule has 0 aliphatic heterocycles. The molecule has 0 bridgehead atoms. The van der Waals surface area contributed by atoms with Crippen LogP contribution in [0.2, 0.25) is 0 Å². The normalized spacial score (nSPS) is 10.8. The molecular formula is C23H22N4O. The zero-order valence-corrected chi connectivity index (χ0v) is 16.2. The second-order valence-electron chi connectivity index (χ2n) is 7.50. The van der Waals surface area contributed by atoms with E-state index >= 15 is 0 Å². The van der Waals surface area contributed by atoms with Crippen LogP contribution in [-0.2, 0) is 5.41 Å². The Morgan fingerprint density at radius 2 is 1.64 bits per heavy atom. The molecule has 140 valence electrons. The third-order valence-corrected chi connectivity index (χ3v) is 4.33. The summed E-state index contributed by atoms with van der Waals surface area (Å²) < 4.78 is 0. The molecular weight excluding hydrogens is 348 g/mol. The number of rotatable bonds is 4. The number of pyridine rings is 1. The lowest BCUT2D eigenvalue weighted by Gasteiger charge is -2.19. The number of carbonyl (C=O) groups excluding carboxylic acids is 1. The lowest BCUT2D eigenvalue weighted by molar-refractivity contribution is 0.102. The SMILES string of the molecule is CC(C)(C)c1ccc(Nc2ccc(C(=O)Nc3ccccc3C#N)nc2)cc1. The summed E-state index contributed by atoms with van der Waals surface area (Å²) in [4.78, 5) is 16.6. The smallest absolute Gasteiger partial charge is 0.274 e. The van der Waals surface area contributed by atoms with Gasteiger partial charge in [0.1, 0.15) is 11.8 Å². The number of nitrogens with one attached hydrogen (secondary N) is 2. The van der Waals surface area contributed by atoms with Gasteiger partial charge in [0.15, 0.2) is 0 Å². The van der Waals surface area contributed by atoms with Crippen molar-refractivity contribution in [2.75, 3.05) is 10.6 Å². The van der Waals surface area contributed by atoms with Crippen molar-refractivity contribution in [2.45, 2.75) is 26.2 Å². The van der Waals surface area contributed by atoms with E-state index in [4.69, 9.17) is 5.26 Å². The Hall–Kier alpha value is -3.65. The van der Waals surface area contributed by atoms with Gasteiger partial charge in [-0.3, -0.25) is 4.79 Å². The molecule has 2 aromatic carbocycles. The van der Waals surface area contributed by atoms with Crippen molar-refractivity contribution in [1.82, 2.24) is 4.98 Å². The summed E-state index contributed by atoms with van der Waals surface area (Å²) in [5.74, 6) is -0.358. The number of benzene rings is 2. The zero-order chi connectivity index (χ0) is 20.1. The van der Waals surface area contributed by atoms with Gasteiger partial charge >= 0.3 is 0 Å². The second-order valence-corrected chi connectivity index (χ2v) is 7.50. The number of anilines is 3. The Morgan fingerprint density at radius 3 is 2.25 bits per heavy atom. The third-order valence-electron chi connectivity index (χ3n) is 4.33. The van der Waals surface area contributed by atoms with Crippen LogP contribution in [0.25, 0.3) is 0 Å². The summed E-state index contributed by atoms with van der Waals surface area (Å²) in [6.45, 7) is 6.54. The zero-order valence-electron chi connectivity index (χ0n) is 16.2. The van der Waals surface area contributed by atoms with E-state index in [9.17, 15) is 4.79 Å². The third kappa shape index (κ3) is 4.54. The number of aromatic nitrogens is 1. The molecule has 0 saturated heterocycles. The van der Waals surface area contributed by atoms with Crippen molar-refractivity contribution in [3.05, 3.63) is 83.7 Å². The van der Waals surface area contributed by atoms with E-state index in [-0.39, 0.29) is 17.0 Å². The predicted molar refractivity (Wildman–Crippen MR) is 112 cm³/mol. The fraction of sp³-hybridized carbons (Fsp3) is 0.174. The summed E-state index contributed by atoms with van der Waals surface area (Å²) >= 11 is 0. The number of nitrogens with zero attached hydrogens (tertiary/aromatic N) is 2. The first-order valence-corrected chi connectivity index (χ1v) is 9.01. The van der Waals surface area contributed by atoms with Crippen LogP contribution in [0, 0.1) is 11.3 Å². The molecule has 5 nitrogen and oxygen atoms in total. The largest absolute Gasteiger partial charge is 0.354 e. The monoisotopic (exact) mass is 370 g/mol. The fourth-order valence-electron chi connectivity index (χ4n) is 2.70. The van der Waals surface area contributed by atoms with E-state index in [0.29, 0.717) is 11.3 Å². The Balaban J connectivity index is 1.68. The maximum absolute atomic E-state index is 12.4. The van der Waals surface area contributed by atoms with E-state index in [0.717, 1.165) is 11.4 Å². The van der Waals surface area contributed by atoms with Crippen LogP contribution in [0.1, 0.15) is 42.4 Å². The highest BCUT2D eigenvalue weighted by Crippen LogP contribution is 2.25. The van der Waals surface area contributed by atoms with Gasteiger partial charge in [-0.25, -0.2) is 4.98 Å². The molecule has 0 aliphatic carbocycles. The van der Waals surface area contributed by atoms with Gasteiger partial charge < -0.3 is 10.6 Å². The molecule has 2 N–H and O–H groups in total. The predicted octanol–water partition coefficient (Wildman–Crippen LogP) is 5.25. The van der Waals surface area contributed by atoms with E-state index in [2.05, 4.69) is 54.6 Å². The minimum atomic E-state index is -0.358. The first kappa shape index (κ1) is 19.1. The molecule has 1 amide bonds.